The minimum atomic E-state index is -0.660. The first-order chi connectivity index (χ1) is 14.0. The third-order valence-electron chi connectivity index (χ3n) is 5.46. The van der Waals surface area contributed by atoms with Crippen molar-refractivity contribution in [2.24, 2.45) is 11.8 Å². The smallest absolute Gasteiger partial charge is 0.343 e. The van der Waals surface area contributed by atoms with Crippen LogP contribution in [0.3, 0.4) is 0 Å². The highest BCUT2D eigenvalue weighted by molar-refractivity contribution is 6.22. The van der Waals surface area contributed by atoms with E-state index in [4.69, 9.17) is 4.74 Å². The van der Waals surface area contributed by atoms with E-state index in [0.717, 1.165) is 25.7 Å². The molecule has 4 rings (SSSR count). The number of imide groups is 1. The predicted molar refractivity (Wildman–Crippen MR) is 102 cm³/mol. The lowest BCUT2D eigenvalue weighted by Gasteiger charge is -2.19. The van der Waals surface area contributed by atoms with E-state index >= 15 is 0 Å². The van der Waals surface area contributed by atoms with Gasteiger partial charge in [0, 0.05) is 12.1 Å². The maximum absolute atomic E-state index is 12.6. The summed E-state index contributed by atoms with van der Waals surface area (Å²) < 4.78 is 5.27. The molecule has 8 heteroatoms. The maximum Gasteiger partial charge on any atom is 0.343 e. The van der Waals surface area contributed by atoms with Gasteiger partial charge in [-0.3, -0.25) is 24.6 Å². The van der Waals surface area contributed by atoms with Gasteiger partial charge in [-0.05, 0) is 49.2 Å². The standard InChI is InChI=1S/C21H18N2O6/c24-19-17-3-1-2-4-18(17)20(25)22(19)14-9-11-16(12-10-14)29-21(26)13-5-7-15(8-6-13)23(27)28/h5-12,17-18H,1-4H2/t17-,18+. The Morgan fingerprint density at radius 2 is 1.48 bits per heavy atom. The Bertz CT molecular complexity index is 959. The maximum atomic E-state index is 12.6. The summed E-state index contributed by atoms with van der Waals surface area (Å²) in [6.07, 6.45) is 3.42. The van der Waals surface area contributed by atoms with Gasteiger partial charge in [-0.15, -0.1) is 0 Å². The third kappa shape index (κ3) is 3.49. The second kappa shape index (κ2) is 7.46. The van der Waals surface area contributed by atoms with Crippen LogP contribution in [-0.4, -0.2) is 22.7 Å². The number of benzene rings is 2. The summed E-state index contributed by atoms with van der Waals surface area (Å²) in [7, 11) is 0. The Balaban J connectivity index is 1.46. The van der Waals surface area contributed by atoms with Gasteiger partial charge in [0.2, 0.25) is 11.8 Å². The van der Waals surface area contributed by atoms with Crippen LogP contribution in [0.1, 0.15) is 36.0 Å². The SMILES string of the molecule is O=C(Oc1ccc(N2C(=O)[C@H]3CCCC[C@H]3C2=O)cc1)c1ccc([N+](=O)[O-])cc1. The second-order valence-electron chi connectivity index (χ2n) is 7.20. The average Bonchev–Trinajstić information content (AvgIpc) is 2.99. The monoisotopic (exact) mass is 394 g/mol. The molecule has 8 nitrogen and oxygen atoms in total. The van der Waals surface area contributed by atoms with Crippen LogP contribution in [0, 0.1) is 22.0 Å². The van der Waals surface area contributed by atoms with Crippen molar-refractivity contribution < 1.29 is 24.0 Å². The fourth-order valence-electron chi connectivity index (χ4n) is 3.97. The zero-order valence-electron chi connectivity index (χ0n) is 15.4. The van der Waals surface area contributed by atoms with Gasteiger partial charge in [-0.2, -0.15) is 0 Å². The number of nitrogens with zero attached hydrogens (tertiary/aromatic N) is 2. The topological polar surface area (TPSA) is 107 Å². The van der Waals surface area contributed by atoms with E-state index in [2.05, 4.69) is 0 Å². The summed E-state index contributed by atoms with van der Waals surface area (Å²) in [5.74, 6) is -1.18. The Hall–Kier alpha value is -3.55. The number of ether oxygens (including phenoxy) is 1. The van der Waals surface area contributed by atoms with Crippen molar-refractivity contribution in [1.82, 2.24) is 0 Å². The first-order valence-electron chi connectivity index (χ1n) is 9.40. The zero-order valence-corrected chi connectivity index (χ0v) is 15.4. The molecular weight excluding hydrogens is 376 g/mol. The minimum Gasteiger partial charge on any atom is -0.423 e. The molecule has 1 saturated heterocycles. The highest BCUT2D eigenvalue weighted by Gasteiger charge is 2.48. The fourth-order valence-corrected chi connectivity index (χ4v) is 3.97. The number of non-ortho nitro benzene ring substituents is 1. The van der Waals surface area contributed by atoms with Crippen molar-refractivity contribution in [2.75, 3.05) is 4.90 Å². The van der Waals surface area contributed by atoms with Crippen LogP contribution < -0.4 is 9.64 Å². The molecule has 0 spiro atoms. The van der Waals surface area contributed by atoms with Gasteiger partial charge in [0.15, 0.2) is 0 Å². The zero-order chi connectivity index (χ0) is 20.5. The third-order valence-corrected chi connectivity index (χ3v) is 5.46. The second-order valence-corrected chi connectivity index (χ2v) is 7.20. The van der Waals surface area contributed by atoms with Gasteiger partial charge < -0.3 is 4.74 Å². The molecule has 1 heterocycles. The molecule has 2 aliphatic rings. The summed E-state index contributed by atoms with van der Waals surface area (Å²) in [6.45, 7) is 0. The number of hydrogen-bond acceptors (Lipinski definition) is 6. The number of amides is 2. The normalized spacial score (nSPS) is 21.0. The van der Waals surface area contributed by atoms with Crippen LogP contribution in [0.25, 0.3) is 0 Å². The molecule has 2 fully saturated rings. The number of nitro groups is 1. The van der Waals surface area contributed by atoms with Gasteiger partial charge in [0.1, 0.15) is 5.75 Å². The minimum absolute atomic E-state index is 0.119. The number of esters is 1. The lowest BCUT2D eigenvalue weighted by Crippen LogP contribution is -2.30. The summed E-state index contributed by atoms with van der Waals surface area (Å²) in [5.41, 5.74) is 0.518. The van der Waals surface area contributed by atoms with Crippen molar-refractivity contribution in [3.8, 4) is 5.75 Å². The molecule has 2 atom stereocenters. The number of rotatable bonds is 4. The summed E-state index contributed by atoms with van der Waals surface area (Å²) in [4.78, 5) is 48.9. The largest absolute Gasteiger partial charge is 0.423 e. The molecule has 1 aliphatic carbocycles. The molecule has 1 saturated carbocycles. The molecule has 2 amide bonds. The van der Waals surface area contributed by atoms with Crippen LogP contribution in [0.5, 0.6) is 5.75 Å². The molecule has 2 aromatic rings. The first kappa shape index (κ1) is 18.8. The number of carbonyl (C=O) groups excluding carboxylic acids is 3. The number of nitro benzene ring substituents is 1. The van der Waals surface area contributed by atoms with E-state index in [0.29, 0.717) is 5.69 Å². The van der Waals surface area contributed by atoms with E-state index in [1.807, 2.05) is 0 Å². The number of carbonyl (C=O) groups is 3. The summed E-state index contributed by atoms with van der Waals surface area (Å²) >= 11 is 0. The molecule has 0 bridgehead atoms. The van der Waals surface area contributed by atoms with E-state index in [1.165, 1.54) is 41.3 Å². The van der Waals surface area contributed by atoms with Crippen LogP contribution in [0.2, 0.25) is 0 Å². The van der Waals surface area contributed by atoms with Gasteiger partial charge in [-0.1, -0.05) is 12.8 Å². The number of hydrogen-bond donors (Lipinski definition) is 0. The highest BCUT2D eigenvalue weighted by atomic mass is 16.6. The average molecular weight is 394 g/mol. The molecule has 0 aromatic heterocycles. The Morgan fingerprint density at radius 3 is 2.00 bits per heavy atom. The predicted octanol–water partition coefficient (Wildman–Crippen LogP) is 3.49. The van der Waals surface area contributed by atoms with Crippen molar-refractivity contribution in [2.45, 2.75) is 25.7 Å². The number of fused-ring (bicyclic) bond motifs is 1. The molecular formula is C21H18N2O6. The Labute approximate surface area is 166 Å². The molecule has 148 valence electrons. The van der Waals surface area contributed by atoms with Crippen molar-refractivity contribution in [1.29, 1.82) is 0 Å². The van der Waals surface area contributed by atoms with Crippen molar-refractivity contribution in [3.05, 3.63) is 64.2 Å². The summed E-state index contributed by atoms with van der Waals surface area (Å²) in [6, 6.07) is 11.3. The van der Waals surface area contributed by atoms with Gasteiger partial charge >= 0.3 is 5.97 Å². The van der Waals surface area contributed by atoms with E-state index in [1.54, 1.807) is 12.1 Å². The molecule has 0 radical (unpaired) electrons. The quantitative estimate of drug-likeness (QED) is 0.258. The lowest BCUT2D eigenvalue weighted by atomic mass is 9.81. The van der Waals surface area contributed by atoms with Gasteiger partial charge in [-0.25, -0.2) is 4.79 Å². The van der Waals surface area contributed by atoms with Gasteiger partial charge in [0.05, 0.1) is 28.0 Å². The number of anilines is 1. The van der Waals surface area contributed by atoms with Crippen molar-refractivity contribution >= 4 is 29.2 Å². The lowest BCUT2D eigenvalue weighted by molar-refractivity contribution is -0.384. The highest BCUT2D eigenvalue weighted by Crippen LogP contribution is 2.40. The van der Waals surface area contributed by atoms with E-state index < -0.39 is 10.9 Å². The molecule has 1 aliphatic heterocycles. The molecule has 0 N–H and O–H groups in total. The Morgan fingerprint density at radius 1 is 0.931 bits per heavy atom. The molecule has 29 heavy (non-hydrogen) atoms. The van der Waals surface area contributed by atoms with Crippen LogP contribution in [0.15, 0.2) is 48.5 Å². The van der Waals surface area contributed by atoms with Crippen molar-refractivity contribution in [3.63, 3.8) is 0 Å². The van der Waals surface area contributed by atoms with Gasteiger partial charge in [0.25, 0.3) is 5.69 Å². The van der Waals surface area contributed by atoms with E-state index in [-0.39, 0.29) is 40.7 Å². The van der Waals surface area contributed by atoms with Crippen LogP contribution in [0.4, 0.5) is 11.4 Å². The Kier molecular flexibility index (Phi) is 4.84. The van der Waals surface area contributed by atoms with E-state index in [9.17, 15) is 24.5 Å². The van der Waals surface area contributed by atoms with Crippen LogP contribution in [-0.2, 0) is 9.59 Å². The summed E-state index contributed by atoms with van der Waals surface area (Å²) in [5, 5.41) is 10.7. The molecule has 0 unspecified atom stereocenters. The van der Waals surface area contributed by atoms with Crippen LogP contribution >= 0.6 is 0 Å². The molecule has 2 aromatic carbocycles. The fraction of sp³-hybridized carbons (Fsp3) is 0.286. The first-order valence-corrected chi connectivity index (χ1v) is 9.40.